The minimum absolute atomic E-state index is 0.115. The molecule has 2 aromatic heterocycles. The Bertz CT molecular complexity index is 492. The van der Waals surface area contributed by atoms with Crippen LogP contribution in [0, 0.1) is 0 Å². The van der Waals surface area contributed by atoms with Gasteiger partial charge in [0.25, 0.3) is 5.56 Å². The Hall–Kier alpha value is -2.17. The fourth-order valence-electron chi connectivity index (χ4n) is 1.15. The van der Waals surface area contributed by atoms with Crippen LogP contribution in [0.15, 0.2) is 35.4 Å². The lowest BCUT2D eigenvalue weighted by Crippen LogP contribution is -2.10. The number of pyridine rings is 1. The molecule has 0 aromatic carbocycles. The number of nitrogen functional groups attached to an aromatic ring is 1. The Kier molecular flexibility index (Phi) is 1.98. The fraction of sp³-hybridized carbons (Fsp3) is 0. The second-order valence-electron chi connectivity index (χ2n) is 2.75. The molecule has 0 unspecified atom stereocenters. The molecular weight excluding hydrogens is 180 g/mol. The maximum atomic E-state index is 11.1. The van der Waals surface area contributed by atoms with Gasteiger partial charge in [-0.3, -0.25) is 14.8 Å². The average molecular weight is 188 g/mol. The summed E-state index contributed by atoms with van der Waals surface area (Å²) >= 11 is 0. The summed E-state index contributed by atoms with van der Waals surface area (Å²) in [7, 11) is 0. The van der Waals surface area contributed by atoms with Crippen molar-refractivity contribution in [1.82, 2.24) is 15.0 Å². The zero-order chi connectivity index (χ0) is 9.97. The molecule has 2 heterocycles. The van der Waals surface area contributed by atoms with Gasteiger partial charge in [0.1, 0.15) is 0 Å². The molecule has 14 heavy (non-hydrogen) atoms. The molecule has 0 spiro atoms. The molecule has 0 saturated carbocycles. The van der Waals surface area contributed by atoms with Gasteiger partial charge in [0.2, 0.25) is 5.95 Å². The number of rotatable bonds is 1. The smallest absolute Gasteiger partial charge is 0.252 e. The first-order valence-corrected chi connectivity index (χ1v) is 4.03. The number of H-pyrrole nitrogens is 1. The normalized spacial score (nSPS) is 10.0. The number of aromatic nitrogens is 3. The Balaban J connectivity index is 2.58. The van der Waals surface area contributed by atoms with E-state index in [2.05, 4.69) is 15.0 Å². The molecule has 0 aliphatic rings. The van der Waals surface area contributed by atoms with E-state index in [0.29, 0.717) is 5.69 Å². The highest BCUT2D eigenvalue weighted by Gasteiger charge is 2.00. The van der Waals surface area contributed by atoms with Crippen molar-refractivity contribution in [3.05, 3.63) is 40.9 Å². The number of nitrogens with zero attached hydrogens (tertiary/aromatic N) is 2. The van der Waals surface area contributed by atoms with Crippen molar-refractivity contribution in [3.8, 4) is 11.3 Å². The molecule has 0 fully saturated rings. The number of hydrogen-bond acceptors (Lipinski definition) is 4. The molecule has 5 heteroatoms. The van der Waals surface area contributed by atoms with Crippen LogP contribution in [0.2, 0.25) is 0 Å². The van der Waals surface area contributed by atoms with Gasteiger partial charge in [-0.05, 0) is 12.1 Å². The molecule has 0 amide bonds. The number of nitrogens with one attached hydrogen (secondary N) is 1. The van der Waals surface area contributed by atoms with Crippen molar-refractivity contribution < 1.29 is 0 Å². The highest BCUT2D eigenvalue weighted by molar-refractivity contribution is 5.58. The zero-order valence-electron chi connectivity index (χ0n) is 7.27. The van der Waals surface area contributed by atoms with E-state index in [1.807, 2.05) is 0 Å². The second kappa shape index (κ2) is 3.29. The van der Waals surface area contributed by atoms with Gasteiger partial charge in [-0.2, -0.15) is 0 Å². The summed E-state index contributed by atoms with van der Waals surface area (Å²) in [6.07, 6.45) is 3.27. The predicted molar refractivity (Wildman–Crippen MR) is 52.5 cm³/mol. The van der Waals surface area contributed by atoms with Crippen molar-refractivity contribution in [3.63, 3.8) is 0 Å². The summed E-state index contributed by atoms with van der Waals surface area (Å²) in [4.78, 5) is 21.3. The Labute approximate surface area is 79.6 Å². The van der Waals surface area contributed by atoms with Crippen LogP contribution in [0.4, 0.5) is 5.95 Å². The van der Waals surface area contributed by atoms with Crippen LogP contribution in [-0.4, -0.2) is 15.0 Å². The van der Waals surface area contributed by atoms with E-state index in [0.717, 1.165) is 5.56 Å². The minimum atomic E-state index is -0.260. The maximum absolute atomic E-state index is 11.1. The van der Waals surface area contributed by atoms with Gasteiger partial charge in [0, 0.05) is 24.0 Å². The molecule has 0 bridgehead atoms. The topological polar surface area (TPSA) is 84.7 Å². The minimum Gasteiger partial charge on any atom is -0.369 e. The summed E-state index contributed by atoms with van der Waals surface area (Å²) in [5.74, 6) is 0.115. The van der Waals surface area contributed by atoms with E-state index in [-0.39, 0.29) is 11.5 Å². The van der Waals surface area contributed by atoms with Crippen molar-refractivity contribution in [2.45, 2.75) is 0 Å². The van der Waals surface area contributed by atoms with Gasteiger partial charge in [-0.25, -0.2) is 4.98 Å². The first kappa shape index (κ1) is 8.43. The van der Waals surface area contributed by atoms with Gasteiger partial charge in [-0.15, -0.1) is 0 Å². The molecular formula is C9H8N4O. The van der Waals surface area contributed by atoms with Crippen molar-refractivity contribution in [1.29, 1.82) is 0 Å². The van der Waals surface area contributed by atoms with Crippen LogP contribution >= 0.6 is 0 Å². The molecule has 3 N–H and O–H groups in total. The van der Waals surface area contributed by atoms with E-state index in [1.165, 1.54) is 6.07 Å². The van der Waals surface area contributed by atoms with Crippen LogP contribution in [0.1, 0.15) is 0 Å². The van der Waals surface area contributed by atoms with Crippen LogP contribution in [0.3, 0.4) is 0 Å². The summed E-state index contributed by atoms with van der Waals surface area (Å²) < 4.78 is 0. The van der Waals surface area contributed by atoms with Crippen LogP contribution in [0.5, 0.6) is 0 Å². The monoisotopic (exact) mass is 188 g/mol. The van der Waals surface area contributed by atoms with Gasteiger partial charge < -0.3 is 5.73 Å². The highest BCUT2D eigenvalue weighted by atomic mass is 16.1. The Morgan fingerprint density at radius 1 is 1.29 bits per heavy atom. The summed E-state index contributed by atoms with van der Waals surface area (Å²) in [6.45, 7) is 0. The zero-order valence-corrected chi connectivity index (χ0v) is 7.27. The maximum Gasteiger partial charge on any atom is 0.252 e. The van der Waals surface area contributed by atoms with Crippen molar-refractivity contribution >= 4 is 5.95 Å². The molecule has 2 rings (SSSR count). The lowest BCUT2D eigenvalue weighted by atomic mass is 10.2. The van der Waals surface area contributed by atoms with E-state index in [4.69, 9.17) is 5.73 Å². The number of hydrogen-bond donors (Lipinski definition) is 2. The second-order valence-corrected chi connectivity index (χ2v) is 2.75. The Morgan fingerprint density at radius 3 is 2.64 bits per heavy atom. The summed E-state index contributed by atoms with van der Waals surface area (Å²) in [6, 6.07) is 4.92. The van der Waals surface area contributed by atoms with Crippen LogP contribution < -0.4 is 11.3 Å². The molecule has 70 valence electrons. The number of aromatic amines is 1. The predicted octanol–water partition coefficient (Wildman–Crippen LogP) is 0.414. The van der Waals surface area contributed by atoms with Crippen LogP contribution in [-0.2, 0) is 0 Å². The summed E-state index contributed by atoms with van der Waals surface area (Å²) in [5, 5.41) is 0. The Morgan fingerprint density at radius 2 is 2.00 bits per heavy atom. The highest BCUT2D eigenvalue weighted by Crippen LogP contribution is 2.13. The fourth-order valence-corrected chi connectivity index (χ4v) is 1.15. The summed E-state index contributed by atoms with van der Waals surface area (Å²) in [5.41, 5.74) is 6.52. The molecule has 0 aliphatic heterocycles. The lowest BCUT2D eigenvalue weighted by Gasteiger charge is -1.99. The van der Waals surface area contributed by atoms with Gasteiger partial charge in [0.15, 0.2) is 0 Å². The molecule has 0 radical (unpaired) electrons. The third-order valence-corrected chi connectivity index (χ3v) is 1.74. The van der Waals surface area contributed by atoms with Gasteiger partial charge >= 0.3 is 0 Å². The molecule has 2 aromatic rings. The lowest BCUT2D eigenvalue weighted by molar-refractivity contribution is 1.14. The van der Waals surface area contributed by atoms with Crippen LogP contribution in [0.25, 0.3) is 11.3 Å². The van der Waals surface area contributed by atoms with E-state index < -0.39 is 0 Å². The molecule has 0 aliphatic carbocycles. The standard InChI is InChI=1S/C9H8N4O/c10-9-12-7(5-8(14)13-9)6-1-3-11-4-2-6/h1-5H,(H3,10,12,13,14). The number of anilines is 1. The largest absolute Gasteiger partial charge is 0.369 e. The molecule has 0 saturated heterocycles. The first-order valence-electron chi connectivity index (χ1n) is 4.03. The van der Waals surface area contributed by atoms with Crippen molar-refractivity contribution in [2.24, 2.45) is 0 Å². The van der Waals surface area contributed by atoms with E-state index in [1.54, 1.807) is 24.5 Å². The first-order chi connectivity index (χ1) is 6.75. The third kappa shape index (κ3) is 1.61. The molecule has 0 atom stereocenters. The SMILES string of the molecule is Nc1nc(-c2ccncc2)cc(=O)[nH]1. The number of nitrogens with two attached hydrogens (primary N) is 1. The average Bonchev–Trinajstić information content (AvgIpc) is 2.18. The quantitative estimate of drug-likeness (QED) is 0.679. The third-order valence-electron chi connectivity index (χ3n) is 1.74. The van der Waals surface area contributed by atoms with Crippen molar-refractivity contribution in [2.75, 3.05) is 5.73 Å². The van der Waals surface area contributed by atoms with Gasteiger partial charge in [0.05, 0.1) is 5.69 Å². The van der Waals surface area contributed by atoms with E-state index in [9.17, 15) is 4.79 Å². The van der Waals surface area contributed by atoms with E-state index >= 15 is 0 Å². The van der Waals surface area contributed by atoms with Gasteiger partial charge in [-0.1, -0.05) is 0 Å². The molecule has 5 nitrogen and oxygen atoms in total.